The van der Waals surface area contributed by atoms with E-state index >= 15 is 0 Å². The van der Waals surface area contributed by atoms with Gasteiger partial charge in [-0.05, 0) is 25.1 Å². The first kappa shape index (κ1) is 13.7. The van der Waals surface area contributed by atoms with Crippen LogP contribution < -0.4 is 5.32 Å². The van der Waals surface area contributed by atoms with Gasteiger partial charge in [-0.15, -0.1) is 0 Å². The fraction of sp³-hybridized carbons (Fsp3) is 0.455. The van der Waals surface area contributed by atoms with Gasteiger partial charge in [-0.3, -0.25) is 0 Å². The molecule has 2 atom stereocenters. The van der Waals surface area contributed by atoms with Gasteiger partial charge in [0.25, 0.3) is 0 Å². The molecule has 5 heteroatoms. The van der Waals surface area contributed by atoms with E-state index in [2.05, 4.69) is 5.32 Å². The molecule has 0 bridgehead atoms. The Morgan fingerprint density at radius 1 is 1.25 bits per heavy atom. The highest BCUT2D eigenvalue weighted by Gasteiger charge is 2.11. The molecule has 0 aliphatic carbocycles. The predicted molar refractivity (Wildman–Crippen MR) is 66.0 cm³/mol. The van der Waals surface area contributed by atoms with Gasteiger partial charge in [-0.2, -0.15) is 0 Å². The standard InChI is InChI=1S/C11H15Cl2NO2/c1-7(15)5-14-6-11(16)9-4-8(12)2-3-10(9)13/h2-4,7,11,14-16H,5-6H2,1H3. The van der Waals surface area contributed by atoms with Crippen LogP contribution in [0.5, 0.6) is 0 Å². The summed E-state index contributed by atoms with van der Waals surface area (Å²) in [7, 11) is 0. The fourth-order valence-electron chi connectivity index (χ4n) is 1.31. The van der Waals surface area contributed by atoms with Crippen molar-refractivity contribution >= 4 is 23.2 Å². The first-order valence-corrected chi connectivity index (χ1v) is 5.78. The number of aliphatic hydroxyl groups is 2. The quantitative estimate of drug-likeness (QED) is 0.762. The van der Waals surface area contributed by atoms with Gasteiger partial charge in [-0.25, -0.2) is 0 Å². The van der Waals surface area contributed by atoms with Crippen LogP contribution in [-0.2, 0) is 0 Å². The zero-order valence-electron chi connectivity index (χ0n) is 8.95. The summed E-state index contributed by atoms with van der Waals surface area (Å²) in [5.74, 6) is 0. The van der Waals surface area contributed by atoms with Crippen molar-refractivity contribution in [2.45, 2.75) is 19.1 Å². The number of hydrogen-bond acceptors (Lipinski definition) is 3. The minimum absolute atomic E-state index is 0.324. The van der Waals surface area contributed by atoms with Crippen molar-refractivity contribution in [2.75, 3.05) is 13.1 Å². The van der Waals surface area contributed by atoms with Crippen molar-refractivity contribution in [1.29, 1.82) is 0 Å². The molecule has 16 heavy (non-hydrogen) atoms. The molecule has 0 fully saturated rings. The van der Waals surface area contributed by atoms with Gasteiger partial charge in [0.2, 0.25) is 0 Å². The van der Waals surface area contributed by atoms with E-state index in [-0.39, 0.29) is 0 Å². The summed E-state index contributed by atoms with van der Waals surface area (Å²) in [6.45, 7) is 2.42. The van der Waals surface area contributed by atoms with Gasteiger partial charge in [-0.1, -0.05) is 23.2 Å². The van der Waals surface area contributed by atoms with Crippen LogP contribution in [0, 0.1) is 0 Å². The molecular weight excluding hydrogens is 249 g/mol. The first-order valence-electron chi connectivity index (χ1n) is 5.02. The molecule has 0 heterocycles. The topological polar surface area (TPSA) is 52.5 Å². The van der Waals surface area contributed by atoms with Crippen molar-refractivity contribution in [3.63, 3.8) is 0 Å². The summed E-state index contributed by atoms with van der Waals surface area (Å²) in [6.07, 6.45) is -1.17. The van der Waals surface area contributed by atoms with E-state index in [0.717, 1.165) is 0 Å². The molecule has 0 aliphatic rings. The Labute approximate surface area is 105 Å². The minimum atomic E-state index is -0.732. The van der Waals surface area contributed by atoms with E-state index < -0.39 is 12.2 Å². The van der Waals surface area contributed by atoms with Crippen LogP contribution in [-0.4, -0.2) is 29.4 Å². The van der Waals surface area contributed by atoms with E-state index in [9.17, 15) is 5.11 Å². The lowest BCUT2D eigenvalue weighted by atomic mass is 10.1. The molecule has 3 N–H and O–H groups in total. The van der Waals surface area contributed by atoms with Crippen molar-refractivity contribution in [3.05, 3.63) is 33.8 Å². The highest BCUT2D eigenvalue weighted by atomic mass is 35.5. The molecule has 0 saturated heterocycles. The molecule has 0 aliphatic heterocycles. The molecule has 0 saturated carbocycles. The molecule has 90 valence electrons. The Morgan fingerprint density at radius 3 is 2.56 bits per heavy atom. The van der Waals surface area contributed by atoms with Crippen LogP contribution in [0.1, 0.15) is 18.6 Å². The third kappa shape index (κ3) is 4.28. The lowest BCUT2D eigenvalue weighted by Gasteiger charge is -2.14. The summed E-state index contributed by atoms with van der Waals surface area (Å²) in [5.41, 5.74) is 0.590. The summed E-state index contributed by atoms with van der Waals surface area (Å²) < 4.78 is 0. The number of hydrogen-bond donors (Lipinski definition) is 3. The van der Waals surface area contributed by atoms with E-state index in [1.165, 1.54) is 0 Å². The van der Waals surface area contributed by atoms with Crippen molar-refractivity contribution in [3.8, 4) is 0 Å². The van der Waals surface area contributed by atoms with Crippen LogP contribution in [0.15, 0.2) is 18.2 Å². The Kier molecular flexibility index (Phi) is 5.52. The van der Waals surface area contributed by atoms with Crippen LogP contribution in [0.3, 0.4) is 0 Å². The largest absolute Gasteiger partial charge is 0.392 e. The average Bonchev–Trinajstić information content (AvgIpc) is 2.21. The Bertz CT molecular complexity index is 345. The van der Waals surface area contributed by atoms with E-state index in [4.69, 9.17) is 28.3 Å². The highest BCUT2D eigenvalue weighted by molar-refractivity contribution is 6.33. The van der Waals surface area contributed by atoms with E-state index in [1.807, 2.05) is 0 Å². The molecule has 1 aromatic carbocycles. The zero-order valence-corrected chi connectivity index (χ0v) is 10.5. The lowest BCUT2D eigenvalue weighted by molar-refractivity contribution is 0.155. The molecule has 0 aromatic heterocycles. The normalized spacial score (nSPS) is 14.8. The second kappa shape index (κ2) is 6.42. The molecular formula is C11H15Cl2NO2. The van der Waals surface area contributed by atoms with Gasteiger partial charge >= 0.3 is 0 Å². The predicted octanol–water partition coefficient (Wildman–Crippen LogP) is 2.00. The van der Waals surface area contributed by atoms with Crippen LogP contribution in [0.4, 0.5) is 0 Å². The SMILES string of the molecule is CC(O)CNCC(O)c1cc(Cl)ccc1Cl. The monoisotopic (exact) mass is 263 g/mol. The molecule has 0 radical (unpaired) electrons. The number of rotatable bonds is 5. The molecule has 0 spiro atoms. The summed E-state index contributed by atoms with van der Waals surface area (Å²) >= 11 is 11.8. The molecule has 3 nitrogen and oxygen atoms in total. The summed E-state index contributed by atoms with van der Waals surface area (Å²) in [6, 6.07) is 4.96. The van der Waals surface area contributed by atoms with Crippen LogP contribution in [0.25, 0.3) is 0 Å². The summed E-state index contributed by atoms with van der Waals surface area (Å²) in [4.78, 5) is 0. The highest BCUT2D eigenvalue weighted by Crippen LogP contribution is 2.25. The molecule has 1 rings (SSSR count). The van der Waals surface area contributed by atoms with Crippen molar-refractivity contribution in [2.24, 2.45) is 0 Å². The first-order chi connectivity index (χ1) is 7.50. The Morgan fingerprint density at radius 2 is 1.94 bits per heavy atom. The second-order valence-electron chi connectivity index (χ2n) is 3.69. The summed E-state index contributed by atoms with van der Waals surface area (Å²) in [5, 5.41) is 22.8. The van der Waals surface area contributed by atoms with Gasteiger partial charge in [0.05, 0.1) is 12.2 Å². The van der Waals surface area contributed by atoms with Crippen molar-refractivity contribution in [1.82, 2.24) is 5.32 Å². The zero-order chi connectivity index (χ0) is 12.1. The molecule has 1 aromatic rings. The fourth-order valence-corrected chi connectivity index (χ4v) is 1.73. The van der Waals surface area contributed by atoms with Crippen LogP contribution >= 0.6 is 23.2 Å². The maximum absolute atomic E-state index is 9.85. The number of nitrogens with one attached hydrogen (secondary N) is 1. The smallest absolute Gasteiger partial charge is 0.0929 e. The van der Waals surface area contributed by atoms with Crippen LogP contribution in [0.2, 0.25) is 10.0 Å². The van der Waals surface area contributed by atoms with Gasteiger partial charge in [0.15, 0.2) is 0 Å². The van der Waals surface area contributed by atoms with Gasteiger partial charge in [0.1, 0.15) is 0 Å². The molecule has 0 amide bonds. The van der Waals surface area contributed by atoms with Crippen molar-refractivity contribution < 1.29 is 10.2 Å². The average molecular weight is 264 g/mol. The maximum atomic E-state index is 9.85. The second-order valence-corrected chi connectivity index (χ2v) is 4.53. The number of benzene rings is 1. The van der Waals surface area contributed by atoms with Gasteiger partial charge in [0, 0.05) is 28.7 Å². The minimum Gasteiger partial charge on any atom is -0.392 e. The van der Waals surface area contributed by atoms with Gasteiger partial charge < -0.3 is 15.5 Å². The Hall–Kier alpha value is -0.320. The number of aliphatic hydroxyl groups excluding tert-OH is 2. The lowest BCUT2D eigenvalue weighted by Crippen LogP contribution is -2.28. The van der Waals surface area contributed by atoms with E-state index in [1.54, 1.807) is 25.1 Å². The maximum Gasteiger partial charge on any atom is 0.0929 e. The number of halogens is 2. The van der Waals surface area contributed by atoms with E-state index in [0.29, 0.717) is 28.7 Å². The third-order valence-electron chi connectivity index (χ3n) is 2.09. The Balaban J connectivity index is 2.58. The molecule has 2 unspecified atom stereocenters. The third-order valence-corrected chi connectivity index (χ3v) is 2.67.